The number of allylic oxidation sites excluding steroid dienone is 1. The number of benzene rings is 2. The Hall–Kier alpha value is -2.35. The van der Waals surface area contributed by atoms with Crippen molar-refractivity contribution in [2.45, 2.75) is 77.1 Å². The predicted octanol–water partition coefficient (Wildman–Crippen LogP) is 6.68. The Morgan fingerprint density at radius 1 is 1.17 bits per heavy atom. The van der Waals surface area contributed by atoms with Crippen molar-refractivity contribution in [2.24, 2.45) is 23.7 Å². The molecule has 2 aromatic carbocycles. The molecule has 0 saturated heterocycles. The molecular formula is C34H45ClN2O4S. The number of rotatable bonds is 4. The van der Waals surface area contributed by atoms with E-state index in [0.29, 0.717) is 24.5 Å². The minimum Gasteiger partial charge on any atom is -0.491 e. The zero-order valence-corrected chi connectivity index (χ0v) is 26.8. The molecule has 2 N–H and O–H groups in total. The molecule has 2 aliphatic heterocycles. The lowest BCUT2D eigenvalue weighted by Gasteiger charge is -2.42. The summed E-state index contributed by atoms with van der Waals surface area (Å²) in [5.41, 5.74) is 3.84. The van der Waals surface area contributed by atoms with Gasteiger partial charge in [-0.25, -0.2) is 4.21 Å². The van der Waals surface area contributed by atoms with E-state index in [9.17, 15) is 14.1 Å². The summed E-state index contributed by atoms with van der Waals surface area (Å²) < 4.78 is 22.7. The van der Waals surface area contributed by atoms with Crippen LogP contribution >= 0.6 is 11.6 Å². The standard InChI is InChI=1S/C34H45ClN2O4S/c1-5-7-23-16-27(35)12-14-28(23)26-19-37-18-25-10-13-29(25)31(38)9-6-8-22(4)33(21(2)3)42(40)36-34(39)24-11-15-32(41-20-26)30(37)17-24/h6,9,11-12,14-17,21-22,25-26,29,31,33,38H,5,7-8,10,13,18-20H2,1-4H3,(H,36,39)/b9-6+. The lowest BCUT2D eigenvalue weighted by Crippen LogP contribution is -2.44. The van der Waals surface area contributed by atoms with Crippen molar-refractivity contribution >= 4 is 34.2 Å². The number of aliphatic hydroxyl groups is 1. The Morgan fingerprint density at radius 3 is 2.69 bits per heavy atom. The first-order valence-corrected chi connectivity index (χ1v) is 17.1. The minimum absolute atomic E-state index is 0.0815. The molecule has 8 heteroatoms. The van der Waals surface area contributed by atoms with Gasteiger partial charge in [0.25, 0.3) is 5.91 Å². The van der Waals surface area contributed by atoms with Crippen molar-refractivity contribution in [1.29, 1.82) is 0 Å². The summed E-state index contributed by atoms with van der Waals surface area (Å²) in [5.74, 6) is 1.23. The third-order valence-electron chi connectivity index (χ3n) is 9.38. The van der Waals surface area contributed by atoms with E-state index >= 15 is 0 Å². The first kappa shape index (κ1) is 31.1. The second-order valence-corrected chi connectivity index (χ2v) is 14.5. The Kier molecular flexibility index (Phi) is 10.0. The quantitative estimate of drug-likeness (QED) is 0.377. The van der Waals surface area contributed by atoms with Gasteiger partial charge in [-0.05, 0) is 90.8 Å². The molecule has 7 atom stereocenters. The highest BCUT2D eigenvalue weighted by atomic mass is 35.5. The molecule has 42 heavy (non-hydrogen) atoms. The molecule has 1 aliphatic carbocycles. The number of carbonyl (C=O) groups is 1. The molecule has 0 radical (unpaired) electrons. The lowest BCUT2D eigenvalue weighted by atomic mass is 9.70. The van der Waals surface area contributed by atoms with Gasteiger partial charge in [0.2, 0.25) is 0 Å². The zero-order valence-electron chi connectivity index (χ0n) is 25.2. The van der Waals surface area contributed by atoms with Crippen molar-refractivity contribution in [3.63, 3.8) is 0 Å². The fraction of sp³-hybridized carbons (Fsp3) is 0.559. The maximum absolute atomic E-state index is 13.5. The second kappa shape index (κ2) is 13.5. The van der Waals surface area contributed by atoms with Gasteiger partial charge in [0, 0.05) is 29.6 Å². The largest absolute Gasteiger partial charge is 0.491 e. The molecule has 0 aromatic heterocycles. The summed E-state index contributed by atoms with van der Waals surface area (Å²) in [5, 5.41) is 11.7. The molecule has 7 unspecified atom stereocenters. The van der Waals surface area contributed by atoms with Crippen LogP contribution in [-0.4, -0.2) is 46.3 Å². The van der Waals surface area contributed by atoms with E-state index in [4.69, 9.17) is 16.3 Å². The molecule has 3 aliphatic rings. The van der Waals surface area contributed by atoms with Crippen LogP contribution in [0.5, 0.6) is 5.75 Å². The topological polar surface area (TPSA) is 78.9 Å². The van der Waals surface area contributed by atoms with Gasteiger partial charge in [0.05, 0.1) is 23.6 Å². The first-order valence-electron chi connectivity index (χ1n) is 15.5. The Balaban J connectivity index is 1.53. The molecular weight excluding hydrogens is 568 g/mol. The van der Waals surface area contributed by atoms with Gasteiger partial charge in [-0.3, -0.25) is 9.52 Å². The minimum atomic E-state index is -1.55. The van der Waals surface area contributed by atoms with E-state index in [-0.39, 0.29) is 34.8 Å². The monoisotopic (exact) mass is 612 g/mol. The van der Waals surface area contributed by atoms with Crippen molar-refractivity contribution in [3.8, 4) is 5.75 Å². The van der Waals surface area contributed by atoms with Gasteiger partial charge < -0.3 is 14.7 Å². The van der Waals surface area contributed by atoms with Gasteiger partial charge in [-0.2, -0.15) is 0 Å². The fourth-order valence-corrected chi connectivity index (χ4v) is 8.71. The average molecular weight is 613 g/mol. The highest BCUT2D eigenvalue weighted by Gasteiger charge is 2.38. The zero-order chi connectivity index (χ0) is 30.0. The maximum atomic E-state index is 13.5. The number of hydrogen-bond acceptors (Lipinski definition) is 5. The molecule has 228 valence electrons. The van der Waals surface area contributed by atoms with Crippen molar-refractivity contribution in [2.75, 3.05) is 24.6 Å². The van der Waals surface area contributed by atoms with Gasteiger partial charge in [0.1, 0.15) is 16.7 Å². The summed E-state index contributed by atoms with van der Waals surface area (Å²) in [7, 11) is -1.55. The smallest absolute Gasteiger partial charge is 0.263 e. The normalized spacial score (nSPS) is 30.9. The Morgan fingerprint density at radius 2 is 1.98 bits per heavy atom. The molecule has 2 aromatic rings. The summed E-state index contributed by atoms with van der Waals surface area (Å²) in [6, 6.07) is 11.7. The molecule has 5 rings (SSSR count). The first-order chi connectivity index (χ1) is 20.2. The molecule has 2 bridgehead atoms. The third-order valence-corrected chi connectivity index (χ3v) is 11.5. The van der Waals surface area contributed by atoms with Crippen LogP contribution in [0.25, 0.3) is 0 Å². The van der Waals surface area contributed by atoms with Gasteiger partial charge in [-0.15, -0.1) is 0 Å². The second-order valence-electron chi connectivity index (χ2n) is 12.8. The van der Waals surface area contributed by atoms with Crippen LogP contribution in [0, 0.1) is 23.7 Å². The van der Waals surface area contributed by atoms with E-state index in [0.717, 1.165) is 55.2 Å². The number of fused-ring (bicyclic) bond motifs is 2. The Labute approximate surface area is 258 Å². The molecule has 1 saturated carbocycles. The molecule has 1 fully saturated rings. The molecule has 1 amide bonds. The Bertz CT molecular complexity index is 1330. The van der Waals surface area contributed by atoms with Crippen LogP contribution in [-0.2, 0) is 17.4 Å². The lowest BCUT2D eigenvalue weighted by molar-refractivity contribution is 0.0461. The van der Waals surface area contributed by atoms with E-state index in [1.165, 1.54) is 11.1 Å². The highest BCUT2D eigenvalue weighted by molar-refractivity contribution is 7.84. The number of carbonyl (C=O) groups excluding carboxylic acids is 1. The summed E-state index contributed by atoms with van der Waals surface area (Å²) in [6.45, 7) is 10.3. The molecule has 6 nitrogen and oxygen atoms in total. The van der Waals surface area contributed by atoms with Crippen LogP contribution in [0.4, 0.5) is 5.69 Å². The van der Waals surface area contributed by atoms with Crippen LogP contribution in [0.1, 0.15) is 80.8 Å². The fourth-order valence-electron chi connectivity index (χ4n) is 7.05. The van der Waals surface area contributed by atoms with E-state index in [1.54, 1.807) is 6.07 Å². The summed E-state index contributed by atoms with van der Waals surface area (Å²) in [6.07, 6.45) is 8.18. The van der Waals surface area contributed by atoms with Crippen molar-refractivity contribution in [1.82, 2.24) is 4.72 Å². The number of aliphatic hydroxyl groups excluding tert-OH is 1. The predicted molar refractivity (Wildman–Crippen MR) is 172 cm³/mol. The maximum Gasteiger partial charge on any atom is 0.263 e. The number of hydrogen-bond donors (Lipinski definition) is 2. The average Bonchev–Trinajstić information content (AvgIpc) is 3.09. The number of amides is 1. The summed E-state index contributed by atoms with van der Waals surface area (Å²) >= 11 is 6.39. The highest BCUT2D eigenvalue weighted by Crippen LogP contribution is 2.42. The van der Waals surface area contributed by atoms with E-state index in [1.807, 2.05) is 44.2 Å². The number of nitrogens with one attached hydrogen (secondary N) is 1. The van der Waals surface area contributed by atoms with Crippen LogP contribution in [0.2, 0.25) is 5.02 Å². The number of anilines is 1. The van der Waals surface area contributed by atoms with E-state index < -0.39 is 17.1 Å². The van der Waals surface area contributed by atoms with Crippen molar-refractivity contribution in [3.05, 3.63) is 70.3 Å². The number of ether oxygens (including phenoxy) is 1. The van der Waals surface area contributed by atoms with Crippen LogP contribution in [0.3, 0.4) is 0 Å². The van der Waals surface area contributed by atoms with Gasteiger partial charge >= 0.3 is 0 Å². The van der Waals surface area contributed by atoms with E-state index in [2.05, 4.69) is 35.6 Å². The number of halogens is 1. The number of nitrogens with zero attached hydrogens (tertiary/aromatic N) is 1. The molecule has 0 spiro atoms. The van der Waals surface area contributed by atoms with Gasteiger partial charge in [-0.1, -0.05) is 63.9 Å². The van der Waals surface area contributed by atoms with Gasteiger partial charge in [0.15, 0.2) is 0 Å². The third kappa shape index (κ3) is 6.74. The number of aryl methyl sites for hydroxylation is 1. The molecule has 2 heterocycles. The SMILES string of the molecule is CCCc1cc(Cl)ccc1C1COc2ccc3cc2N(C1)CC1CCC1C(O)/C=C/CC(C)C(C(C)C)S(=O)NC3=O. The van der Waals surface area contributed by atoms with Crippen molar-refractivity contribution < 1.29 is 18.8 Å². The van der Waals surface area contributed by atoms with Crippen LogP contribution in [0.15, 0.2) is 48.6 Å². The summed E-state index contributed by atoms with van der Waals surface area (Å²) in [4.78, 5) is 15.8. The van der Waals surface area contributed by atoms with Crippen LogP contribution < -0.4 is 14.4 Å².